The molecule has 0 fully saturated rings. The van der Waals surface area contributed by atoms with Crippen LogP contribution in [-0.4, -0.2) is 38.9 Å². The summed E-state index contributed by atoms with van der Waals surface area (Å²) in [5.74, 6) is 0.283. The van der Waals surface area contributed by atoms with Crippen LogP contribution in [0.3, 0.4) is 0 Å². The van der Waals surface area contributed by atoms with Crippen molar-refractivity contribution in [3.8, 4) is 0 Å². The van der Waals surface area contributed by atoms with Gasteiger partial charge in [-0.05, 0) is 18.4 Å². The second-order valence-corrected chi connectivity index (χ2v) is 6.37. The molecule has 0 saturated heterocycles. The van der Waals surface area contributed by atoms with Gasteiger partial charge in [-0.2, -0.15) is 0 Å². The number of hydrogen-bond acceptors (Lipinski definition) is 3. The van der Waals surface area contributed by atoms with Crippen LogP contribution in [0.5, 0.6) is 0 Å². The van der Waals surface area contributed by atoms with E-state index in [1.54, 1.807) is 14.2 Å². The van der Waals surface area contributed by atoms with E-state index in [9.17, 15) is 4.79 Å². The number of methoxy groups -OCH3 is 1. The topological polar surface area (TPSA) is 47.6 Å². The van der Waals surface area contributed by atoms with E-state index in [0.29, 0.717) is 12.5 Å². The van der Waals surface area contributed by atoms with Crippen LogP contribution in [0.2, 0.25) is 0 Å². The van der Waals surface area contributed by atoms with Crippen molar-refractivity contribution in [1.29, 1.82) is 0 Å². The maximum absolute atomic E-state index is 12.1. The first-order valence-electron chi connectivity index (χ1n) is 8.71. The molecule has 0 radical (unpaired) electrons. The van der Waals surface area contributed by atoms with Crippen molar-refractivity contribution in [2.24, 2.45) is 11.8 Å². The summed E-state index contributed by atoms with van der Waals surface area (Å²) in [6.07, 6.45) is 14.2. The van der Waals surface area contributed by atoms with Gasteiger partial charge in [0.25, 0.3) is 0 Å². The maximum atomic E-state index is 12.1. The van der Waals surface area contributed by atoms with Crippen LogP contribution in [0.4, 0.5) is 0 Å². The largest absolute Gasteiger partial charge is 0.371 e. The Bertz CT molecular complexity index is 559. The van der Waals surface area contributed by atoms with Gasteiger partial charge in [-0.3, -0.25) is 4.79 Å². The van der Waals surface area contributed by atoms with Crippen molar-refractivity contribution in [2.45, 2.75) is 38.9 Å². The van der Waals surface area contributed by atoms with Gasteiger partial charge >= 0.3 is 0 Å². The lowest BCUT2D eigenvalue weighted by atomic mass is 9.86. The molecule has 1 amide bonds. The lowest BCUT2D eigenvalue weighted by molar-refractivity contribution is -0.133. The fourth-order valence-electron chi connectivity index (χ4n) is 3.19. The number of hydrogen-bond donors (Lipinski definition) is 1. The Morgan fingerprint density at radius 2 is 2.25 bits per heavy atom. The Labute approximate surface area is 145 Å². The van der Waals surface area contributed by atoms with E-state index in [1.165, 1.54) is 5.57 Å². The SMILES string of the molecule is CCC1=CC(OCC2=CC=CCC2[C@H](OC)C(=O)NC)C(C)C=C1. The second kappa shape index (κ2) is 9.00. The quantitative estimate of drug-likeness (QED) is 0.779. The van der Waals surface area contributed by atoms with E-state index in [4.69, 9.17) is 9.47 Å². The zero-order valence-electron chi connectivity index (χ0n) is 15.1. The molecule has 0 aliphatic heterocycles. The Balaban J connectivity index is 2.05. The van der Waals surface area contributed by atoms with Crippen LogP contribution < -0.4 is 5.32 Å². The van der Waals surface area contributed by atoms with Gasteiger partial charge in [0.1, 0.15) is 6.10 Å². The van der Waals surface area contributed by atoms with Gasteiger partial charge in [0.15, 0.2) is 0 Å². The molecule has 4 atom stereocenters. The fraction of sp³-hybridized carbons (Fsp3) is 0.550. The minimum atomic E-state index is -0.486. The van der Waals surface area contributed by atoms with Crippen molar-refractivity contribution in [1.82, 2.24) is 5.32 Å². The molecule has 0 saturated carbocycles. The number of likely N-dealkylation sites (N-methyl/N-ethyl adjacent to an activating group) is 1. The summed E-state index contributed by atoms with van der Waals surface area (Å²) in [6.45, 7) is 4.84. The smallest absolute Gasteiger partial charge is 0.249 e. The van der Waals surface area contributed by atoms with E-state index in [2.05, 4.69) is 49.5 Å². The number of carbonyl (C=O) groups is 1. The number of rotatable bonds is 7. The van der Waals surface area contributed by atoms with Crippen LogP contribution in [0.25, 0.3) is 0 Å². The third-order valence-corrected chi connectivity index (χ3v) is 4.80. The van der Waals surface area contributed by atoms with E-state index in [1.807, 2.05) is 6.08 Å². The first kappa shape index (κ1) is 18.7. The third kappa shape index (κ3) is 4.46. The number of nitrogens with one attached hydrogen (secondary N) is 1. The van der Waals surface area contributed by atoms with Gasteiger partial charge in [-0.15, -0.1) is 0 Å². The van der Waals surface area contributed by atoms with Gasteiger partial charge in [-0.1, -0.05) is 55.9 Å². The predicted octanol–water partition coefficient (Wildman–Crippen LogP) is 3.18. The molecule has 4 nitrogen and oxygen atoms in total. The third-order valence-electron chi connectivity index (χ3n) is 4.80. The Morgan fingerprint density at radius 3 is 2.92 bits per heavy atom. The Morgan fingerprint density at radius 1 is 1.46 bits per heavy atom. The summed E-state index contributed by atoms with van der Waals surface area (Å²) < 4.78 is 11.6. The molecule has 2 aliphatic carbocycles. The molecule has 0 bridgehead atoms. The molecule has 0 aromatic heterocycles. The van der Waals surface area contributed by atoms with Crippen molar-refractivity contribution < 1.29 is 14.3 Å². The maximum Gasteiger partial charge on any atom is 0.249 e. The van der Waals surface area contributed by atoms with Gasteiger partial charge in [0.05, 0.1) is 12.7 Å². The normalized spacial score (nSPS) is 27.4. The minimum absolute atomic E-state index is 0.0176. The molecule has 4 heteroatoms. The fourth-order valence-corrected chi connectivity index (χ4v) is 3.19. The molecule has 1 N–H and O–H groups in total. The molecule has 2 aliphatic rings. The first-order chi connectivity index (χ1) is 11.6. The van der Waals surface area contributed by atoms with E-state index in [-0.39, 0.29) is 17.9 Å². The highest BCUT2D eigenvalue weighted by Gasteiger charge is 2.31. The summed E-state index contributed by atoms with van der Waals surface area (Å²) in [7, 11) is 3.22. The molecule has 2 rings (SSSR count). The zero-order chi connectivity index (χ0) is 17.5. The van der Waals surface area contributed by atoms with Crippen LogP contribution >= 0.6 is 0 Å². The van der Waals surface area contributed by atoms with Crippen molar-refractivity contribution >= 4 is 5.91 Å². The Hall–Kier alpha value is -1.65. The summed E-state index contributed by atoms with van der Waals surface area (Å²) in [4.78, 5) is 12.1. The molecule has 0 aromatic rings. The monoisotopic (exact) mass is 331 g/mol. The van der Waals surface area contributed by atoms with E-state index < -0.39 is 6.10 Å². The highest BCUT2D eigenvalue weighted by atomic mass is 16.5. The van der Waals surface area contributed by atoms with Gasteiger partial charge in [0.2, 0.25) is 5.91 Å². The van der Waals surface area contributed by atoms with Crippen molar-refractivity contribution in [3.05, 3.63) is 47.6 Å². The molecule has 0 spiro atoms. The first-order valence-corrected chi connectivity index (χ1v) is 8.71. The number of amides is 1. The average molecular weight is 331 g/mol. The molecular formula is C20H29NO3. The molecule has 24 heavy (non-hydrogen) atoms. The highest BCUT2D eigenvalue weighted by Crippen LogP contribution is 2.28. The van der Waals surface area contributed by atoms with E-state index in [0.717, 1.165) is 18.4 Å². The second-order valence-electron chi connectivity index (χ2n) is 6.37. The van der Waals surface area contributed by atoms with E-state index >= 15 is 0 Å². The number of carbonyl (C=O) groups excluding carboxylic acids is 1. The average Bonchev–Trinajstić information content (AvgIpc) is 2.62. The van der Waals surface area contributed by atoms with Crippen LogP contribution in [0.15, 0.2) is 47.6 Å². The minimum Gasteiger partial charge on any atom is -0.371 e. The highest BCUT2D eigenvalue weighted by molar-refractivity contribution is 5.81. The van der Waals surface area contributed by atoms with Crippen LogP contribution in [0, 0.1) is 11.8 Å². The van der Waals surface area contributed by atoms with Crippen molar-refractivity contribution in [2.75, 3.05) is 20.8 Å². The molecule has 0 heterocycles. The molecule has 0 aromatic carbocycles. The zero-order valence-corrected chi connectivity index (χ0v) is 15.1. The number of allylic oxidation sites excluding steroid dienone is 5. The van der Waals surface area contributed by atoms with Crippen molar-refractivity contribution in [3.63, 3.8) is 0 Å². The summed E-state index contributed by atoms with van der Waals surface area (Å²) in [5.41, 5.74) is 2.42. The van der Waals surface area contributed by atoms with Crippen LogP contribution in [0.1, 0.15) is 26.7 Å². The number of ether oxygens (including phenoxy) is 2. The molecule has 3 unspecified atom stereocenters. The summed E-state index contributed by atoms with van der Waals surface area (Å²) in [5, 5.41) is 2.69. The lowest BCUT2D eigenvalue weighted by Gasteiger charge is -2.30. The lowest BCUT2D eigenvalue weighted by Crippen LogP contribution is -2.41. The summed E-state index contributed by atoms with van der Waals surface area (Å²) in [6, 6.07) is 0. The predicted molar refractivity (Wildman–Crippen MR) is 96.6 cm³/mol. The van der Waals surface area contributed by atoms with Gasteiger partial charge < -0.3 is 14.8 Å². The Kier molecular flexibility index (Phi) is 7.00. The molecule has 132 valence electrons. The van der Waals surface area contributed by atoms with Crippen LogP contribution in [-0.2, 0) is 14.3 Å². The standard InChI is InChI=1S/C20H29NO3/c1-5-15-11-10-14(2)18(12-15)24-13-16-8-6-7-9-17(16)19(23-4)20(22)21-3/h6-8,10-12,14,17-19H,5,9,13H2,1-4H3,(H,21,22)/t14?,17?,18?,19-/m0/s1. The summed E-state index contributed by atoms with van der Waals surface area (Å²) >= 11 is 0. The van der Waals surface area contributed by atoms with Gasteiger partial charge in [0, 0.05) is 26.0 Å². The molecular weight excluding hydrogens is 302 g/mol. The van der Waals surface area contributed by atoms with Gasteiger partial charge in [-0.25, -0.2) is 0 Å².